The van der Waals surface area contributed by atoms with Gasteiger partial charge < -0.3 is 14.8 Å². The van der Waals surface area contributed by atoms with E-state index in [0.717, 1.165) is 23.1 Å². The van der Waals surface area contributed by atoms with E-state index in [9.17, 15) is 9.18 Å². The summed E-state index contributed by atoms with van der Waals surface area (Å²) in [6.07, 6.45) is 4.19. The average Bonchev–Trinajstić information content (AvgIpc) is 3.45. The van der Waals surface area contributed by atoms with Crippen LogP contribution in [-0.4, -0.2) is 33.6 Å². The quantitative estimate of drug-likeness (QED) is 0.662. The molecule has 5 nitrogen and oxygen atoms in total. The van der Waals surface area contributed by atoms with Crippen molar-refractivity contribution in [1.29, 1.82) is 0 Å². The van der Waals surface area contributed by atoms with Crippen LogP contribution in [0.5, 0.6) is 0 Å². The lowest BCUT2D eigenvalue weighted by Gasteiger charge is -2.26. The van der Waals surface area contributed by atoms with Crippen molar-refractivity contribution in [3.63, 3.8) is 0 Å². The highest BCUT2D eigenvalue weighted by Gasteiger charge is 2.27. The molecule has 2 aromatic carbocycles. The number of carbonyl (C=O) groups excluding carboxylic acids is 1. The van der Waals surface area contributed by atoms with Crippen LogP contribution in [0.25, 0.3) is 11.0 Å². The molecule has 28 heavy (non-hydrogen) atoms. The summed E-state index contributed by atoms with van der Waals surface area (Å²) in [6, 6.07) is 13.9. The molecule has 1 saturated carbocycles. The SMILES string of the molecule is CCN(CC1CC1)C(=O)NC(Cn1cnc2ccccc21)c1ccc(F)cc1. The van der Waals surface area contributed by atoms with E-state index in [1.54, 1.807) is 18.5 Å². The van der Waals surface area contributed by atoms with E-state index in [2.05, 4.69) is 10.3 Å². The fourth-order valence-corrected chi connectivity index (χ4v) is 3.49. The van der Waals surface area contributed by atoms with Crippen molar-refractivity contribution in [1.82, 2.24) is 19.8 Å². The average molecular weight is 380 g/mol. The molecule has 1 unspecified atom stereocenters. The zero-order valence-corrected chi connectivity index (χ0v) is 16.0. The maximum absolute atomic E-state index is 13.4. The van der Waals surface area contributed by atoms with E-state index < -0.39 is 0 Å². The van der Waals surface area contributed by atoms with Crippen molar-refractivity contribution in [2.45, 2.75) is 32.4 Å². The number of nitrogens with one attached hydrogen (secondary N) is 1. The lowest BCUT2D eigenvalue weighted by atomic mass is 10.1. The predicted molar refractivity (Wildman–Crippen MR) is 107 cm³/mol. The molecular formula is C22H25FN4O. The van der Waals surface area contributed by atoms with Crippen LogP contribution in [0.4, 0.5) is 9.18 Å². The first-order valence-electron chi connectivity index (χ1n) is 9.85. The van der Waals surface area contributed by atoms with Crippen molar-refractivity contribution in [3.8, 4) is 0 Å². The molecule has 6 heteroatoms. The second-order valence-electron chi connectivity index (χ2n) is 7.42. The number of para-hydroxylation sites is 2. The lowest BCUT2D eigenvalue weighted by molar-refractivity contribution is 0.192. The minimum atomic E-state index is -0.286. The molecule has 0 bridgehead atoms. The third-order valence-corrected chi connectivity index (χ3v) is 5.32. The number of benzene rings is 2. The number of urea groups is 1. The number of amides is 2. The van der Waals surface area contributed by atoms with Crippen LogP contribution >= 0.6 is 0 Å². The molecular weight excluding hydrogens is 355 g/mol. The van der Waals surface area contributed by atoms with E-state index in [1.165, 1.54) is 25.0 Å². The van der Waals surface area contributed by atoms with Gasteiger partial charge in [-0.2, -0.15) is 0 Å². The summed E-state index contributed by atoms with van der Waals surface area (Å²) in [6.45, 7) is 4.00. The molecule has 4 rings (SSSR count). The monoisotopic (exact) mass is 380 g/mol. The fraction of sp³-hybridized carbons (Fsp3) is 0.364. The number of fused-ring (bicyclic) bond motifs is 1. The Morgan fingerprint density at radius 2 is 2.00 bits per heavy atom. The first kappa shape index (κ1) is 18.5. The summed E-state index contributed by atoms with van der Waals surface area (Å²) in [5.41, 5.74) is 2.79. The number of imidazole rings is 1. The van der Waals surface area contributed by atoms with Crippen LogP contribution in [0.3, 0.4) is 0 Å². The minimum absolute atomic E-state index is 0.0758. The van der Waals surface area contributed by atoms with E-state index in [0.29, 0.717) is 19.0 Å². The van der Waals surface area contributed by atoms with Crippen molar-refractivity contribution >= 4 is 17.1 Å². The molecule has 0 radical (unpaired) electrons. The van der Waals surface area contributed by atoms with Crippen LogP contribution in [0.15, 0.2) is 54.9 Å². The van der Waals surface area contributed by atoms with Crippen LogP contribution in [0.1, 0.15) is 31.4 Å². The summed E-state index contributed by atoms with van der Waals surface area (Å²) >= 11 is 0. The number of hydrogen-bond acceptors (Lipinski definition) is 2. The molecule has 1 atom stereocenters. The van der Waals surface area contributed by atoms with E-state index in [1.807, 2.05) is 40.7 Å². The highest BCUT2D eigenvalue weighted by Crippen LogP contribution is 2.30. The zero-order valence-electron chi connectivity index (χ0n) is 16.0. The molecule has 0 spiro atoms. The van der Waals surface area contributed by atoms with Gasteiger partial charge in [-0.15, -0.1) is 0 Å². The van der Waals surface area contributed by atoms with Gasteiger partial charge >= 0.3 is 6.03 Å². The van der Waals surface area contributed by atoms with E-state index in [-0.39, 0.29) is 17.9 Å². The van der Waals surface area contributed by atoms with Crippen LogP contribution in [0, 0.1) is 11.7 Å². The van der Waals surface area contributed by atoms with Crippen LogP contribution < -0.4 is 5.32 Å². The Bertz CT molecular complexity index is 949. The van der Waals surface area contributed by atoms with Gasteiger partial charge in [0.15, 0.2) is 0 Å². The van der Waals surface area contributed by atoms with Gasteiger partial charge in [0, 0.05) is 19.6 Å². The Morgan fingerprint density at radius 3 is 2.71 bits per heavy atom. The van der Waals surface area contributed by atoms with Gasteiger partial charge in [0.1, 0.15) is 5.82 Å². The smallest absolute Gasteiger partial charge is 0.317 e. The minimum Gasteiger partial charge on any atom is -0.329 e. The highest BCUT2D eigenvalue weighted by atomic mass is 19.1. The highest BCUT2D eigenvalue weighted by molar-refractivity contribution is 5.76. The number of carbonyl (C=O) groups is 1. The van der Waals surface area contributed by atoms with Gasteiger partial charge in [-0.3, -0.25) is 0 Å². The summed E-state index contributed by atoms with van der Waals surface area (Å²) in [7, 11) is 0. The Labute approximate surface area is 164 Å². The molecule has 0 saturated heterocycles. The van der Waals surface area contributed by atoms with Crippen molar-refractivity contribution in [2.75, 3.05) is 13.1 Å². The van der Waals surface area contributed by atoms with Crippen molar-refractivity contribution in [3.05, 3.63) is 66.2 Å². The van der Waals surface area contributed by atoms with Gasteiger partial charge in [-0.1, -0.05) is 24.3 Å². The summed E-state index contributed by atoms with van der Waals surface area (Å²) in [5, 5.41) is 3.16. The molecule has 0 aliphatic heterocycles. The van der Waals surface area contributed by atoms with Gasteiger partial charge in [0.2, 0.25) is 0 Å². The molecule has 2 amide bonds. The molecule has 3 aromatic rings. The molecule has 1 aliphatic rings. The Hall–Kier alpha value is -2.89. The third-order valence-electron chi connectivity index (χ3n) is 5.32. The normalized spacial score (nSPS) is 14.8. The Kier molecular flexibility index (Phi) is 5.28. The predicted octanol–water partition coefficient (Wildman–Crippen LogP) is 4.36. The van der Waals surface area contributed by atoms with Gasteiger partial charge in [0.05, 0.1) is 23.4 Å². The summed E-state index contributed by atoms with van der Waals surface area (Å²) in [5.74, 6) is 0.346. The molecule has 1 heterocycles. The van der Waals surface area contributed by atoms with Crippen molar-refractivity contribution < 1.29 is 9.18 Å². The Morgan fingerprint density at radius 1 is 1.25 bits per heavy atom. The number of hydrogen-bond donors (Lipinski definition) is 1. The maximum Gasteiger partial charge on any atom is 0.317 e. The van der Waals surface area contributed by atoms with Gasteiger partial charge in [0.25, 0.3) is 0 Å². The molecule has 1 aliphatic carbocycles. The van der Waals surface area contributed by atoms with Crippen LogP contribution in [-0.2, 0) is 6.54 Å². The van der Waals surface area contributed by atoms with Gasteiger partial charge in [-0.25, -0.2) is 14.2 Å². The van der Waals surface area contributed by atoms with Crippen LogP contribution in [0.2, 0.25) is 0 Å². The molecule has 1 N–H and O–H groups in total. The first-order chi connectivity index (χ1) is 13.6. The van der Waals surface area contributed by atoms with Crippen molar-refractivity contribution in [2.24, 2.45) is 5.92 Å². The number of rotatable bonds is 7. The first-order valence-corrected chi connectivity index (χ1v) is 9.85. The van der Waals surface area contributed by atoms with E-state index in [4.69, 9.17) is 0 Å². The lowest BCUT2D eigenvalue weighted by Crippen LogP contribution is -2.43. The second kappa shape index (κ2) is 8.00. The molecule has 1 aromatic heterocycles. The maximum atomic E-state index is 13.4. The topological polar surface area (TPSA) is 50.2 Å². The molecule has 1 fully saturated rings. The standard InChI is InChI=1S/C22H25FN4O/c1-2-26(13-16-7-8-16)22(28)25-20(17-9-11-18(23)12-10-17)14-27-15-24-19-5-3-4-6-21(19)27/h3-6,9-12,15-16,20H,2,7-8,13-14H2,1H3,(H,25,28). The van der Waals surface area contributed by atoms with Gasteiger partial charge in [-0.05, 0) is 55.5 Å². The second-order valence-corrected chi connectivity index (χ2v) is 7.42. The number of aromatic nitrogens is 2. The number of halogens is 1. The van der Waals surface area contributed by atoms with E-state index >= 15 is 0 Å². The summed E-state index contributed by atoms with van der Waals surface area (Å²) in [4.78, 5) is 19.2. The number of nitrogens with zero attached hydrogens (tertiary/aromatic N) is 3. The Balaban J connectivity index is 1.58. The zero-order chi connectivity index (χ0) is 19.5. The third kappa shape index (κ3) is 4.16. The molecule has 146 valence electrons. The largest absolute Gasteiger partial charge is 0.329 e. The summed E-state index contributed by atoms with van der Waals surface area (Å²) < 4.78 is 15.4. The fourth-order valence-electron chi connectivity index (χ4n) is 3.49.